The second-order valence-corrected chi connectivity index (χ2v) is 7.68. The minimum Gasteiger partial charge on any atom is -0.497 e. The second kappa shape index (κ2) is 11.6. The zero-order valence-electron chi connectivity index (χ0n) is 19.1. The molecule has 0 saturated heterocycles. The number of methoxy groups -OCH3 is 2. The van der Waals surface area contributed by atoms with Crippen molar-refractivity contribution < 1.29 is 19.1 Å². The fraction of sp³-hybridized carbons (Fsp3) is 0.231. The maximum atomic E-state index is 12.5. The average molecular weight is 463 g/mol. The molecule has 3 aromatic rings. The number of esters is 1. The van der Waals surface area contributed by atoms with E-state index in [4.69, 9.17) is 4.74 Å². The standard InChI is InChI=1S/C26H26N2O6/c1-33-21-12-10-19(11-13-21)16-23-26(32)27-22(25(31)28-23)15-18-8-6-17(7-9-18)14-20(29)4-3-5-24(30)34-2/h6-13,15-16H,3-5,14H2,1-2H3,(H,27,32)(H,28,31). The third-order valence-electron chi connectivity index (χ3n) is 5.17. The summed E-state index contributed by atoms with van der Waals surface area (Å²) in [4.78, 5) is 53.4. The predicted octanol–water partition coefficient (Wildman–Crippen LogP) is 1.18. The van der Waals surface area contributed by atoms with Crippen molar-refractivity contribution in [1.82, 2.24) is 9.97 Å². The maximum Gasteiger partial charge on any atom is 0.305 e. The lowest BCUT2D eigenvalue weighted by Crippen LogP contribution is -2.46. The first-order chi connectivity index (χ1) is 16.4. The number of aromatic amines is 2. The minimum atomic E-state index is -0.427. The molecule has 1 heterocycles. The van der Waals surface area contributed by atoms with Gasteiger partial charge in [-0.1, -0.05) is 36.4 Å². The molecule has 0 unspecified atom stereocenters. The summed E-state index contributed by atoms with van der Waals surface area (Å²) in [5, 5.41) is 0.275. The Morgan fingerprint density at radius 2 is 1.32 bits per heavy atom. The van der Waals surface area contributed by atoms with Crippen LogP contribution in [0.3, 0.4) is 0 Å². The summed E-state index contributed by atoms with van der Waals surface area (Å²) in [5.74, 6) is 0.399. The van der Waals surface area contributed by atoms with Crippen molar-refractivity contribution in [1.29, 1.82) is 0 Å². The van der Waals surface area contributed by atoms with Crippen LogP contribution < -0.4 is 26.6 Å². The fourth-order valence-electron chi connectivity index (χ4n) is 3.31. The van der Waals surface area contributed by atoms with Gasteiger partial charge in [0.1, 0.15) is 22.2 Å². The molecule has 0 radical (unpaired) electrons. The highest BCUT2D eigenvalue weighted by molar-refractivity contribution is 5.81. The topological polar surface area (TPSA) is 118 Å². The van der Waals surface area contributed by atoms with E-state index in [0.717, 1.165) is 11.1 Å². The maximum absolute atomic E-state index is 12.5. The number of ether oxygens (including phenoxy) is 2. The third-order valence-corrected chi connectivity index (χ3v) is 5.17. The van der Waals surface area contributed by atoms with E-state index < -0.39 is 11.1 Å². The van der Waals surface area contributed by atoms with E-state index in [2.05, 4.69) is 14.7 Å². The highest BCUT2D eigenvalue weighted by Crippen LogP contribution is 2.11. The van der Waals surface area contributed by atoms with Gasteiger partial charge >= 0.3 is 5.97 Å². The van der Waals surface area contributed by atoms with Gasteiger partial charge in [-0.05, 0) is 47.4 Å². The van der Waals surface area contributed by atoms with Gasteiger partial charge in [0, 0.05) is 19.3 Å². The molecule has 8 nitrogen and oxygen atoms in total. The molecule has 0 atom stereocenters. The molecule has 0 fully saturated rings. The number of ketones is 1. The van der Waals surface area contributed by atoms with E-state index >= 15 is 0 Å². The first-order valence-corrected chi connectivity index (χ1v) is 10.8. The summed E-state index contributed by atoms with van der Waals surface area (Å²) in [6, 6.07) is 14.2. The molecule has 8 heteroatoms. The number of H-pyrrole nitrogens is 2. The number of aromatic nitrogens is 2. The van der Waals surface area contributed by atoms with Gasteiger partial charge in [0.05, 0.1) is 14.2 Å². The first kappa shape index (κ1) is 24.4. The SMILES string of the molecule is COC(=O)CCCC(=O)Cc1ccc(C=c2[nH]c(=O)c(=Cc3ccc(OC)cc3)[nH]c2=O)cc1. The van der Waals surface area contributed by atoms with E-state index in [-0.39, 0.29) is 35.3 Å². The quantitative estimate of drug-likeness (QED) is 0.461. The van der Waals surface area contributed by atoms with E-state index in [1.807, 2.05) is 0 Å². The molecule has 0 saturated carbocycles. The highest BCUT2D eigenvalue weighted by Gasteiger charge is 2.07. The summed E-state index contributed by atoms with van der Waals surface area (Å²) in [6.07, 6.45) is 4.40. The number of rotatable bonds is 9. The molecule has 2 N–H and O–H groups in total. The molecule has 34 heavy (non-hydrogen) atoms. The molecular weight excluding hydrogens is 436 g/mol. The van der Waals surface area contributed by atoms with Crippen molar-refractivity contribution in [3.8, 4) is 5.75 Å². The summed E-state index contributed by atoms with van der Waals surface area (Å²) in [6.45, 7) is 0. The zero-order chi connectivity index (χ0) is 24.5. The van der Waals surface area contributed by atoms with Gasteiger partial charge in [0.25, 0.3) is 11.1 Å². The summed E-state index contributed by atoms with van der Waals surface area (Å²) >= 11 is 0. The molecule has 1 aromatic heterocycles. The van der Waals surface area contributed by atoms with Gasteiger partial charge in [-0.2, -0.15) is 0 Å². The molecule has 0 aliphatic carbocycles. The molecule has 2 aromatic carbocycles. The van der Waals surface area contributed by atoms with Gasteiger partial charge in [0.2, 0.25) is 0 Å². The number of carbonyl (C=O) groups excluding carboxylic acids is 2. The van der Waals surface area contributed by atoms with Gasteiger partial charge in [0.15, 0.2) is 0 Å². The molecule has 0 aliphatic rings. The largest absolute Gasteiger partial charge is 0.497 e. The number of hydrogen-bond acceptors (Lipinski definition) is 6. The Morgan fingerprint density at radius 1 is 0.794 bits per heavy atom. The first-order valence-electron chi connectivity index (χ1n) is 10.8. The Balaban J connectivity index is 1.73. The van der Waals surface area contributed by atoms with Gasteiger partial charge in [-0.15, -0.1) is 0 Å². The van der Waals surface area contributed by atoms with Crippen molar-refractivity contribution in [3.05, 3.63) is 96.6 Å². The van der Waals surface area contributed by atoms with Crippen molar-refractivity contribution >= 4 is 23.9 Å². The summed E-state index contributed by atoms with van der Waals surface area (Å²) in [7, 11) is 2.89. The monoisotopic (exact) mass is 462 g/mol. The Morgan fingerprint density at radius 3 is 1.82 bits per heavy atom. The van der Waals surface area contributed by atoms with E-state index in [1.54, 1.807) is 67.8 Å². The van der Waals surface area contributed by atoms with Crippen LogP contribution >= 0.6 is 0 Å². The van der Waals surface area contributed by atoms with Crippen LogP contribution in [0.25, 0.3) is 12.2 Å². The average Bonchev–Trinajstić information content (AvgIpc) is 2.83. The lowest BCUT2D eigenvalue weighted by atomic mass is 10.0. The normalized spacial score (nSPS) is 11.9. The van der Waals surface area contributed by atoms with Crippen molar-refractivity contribution in [2.45, 2.75) is 25.7 Å². The van der Waals surface area contributed by atoms with Crippen LogP contribution in [0.5, 0.6) is 5.75 Å². The van der Waals surface area contributed by atoms with Gasteiger partial charge in [-0.3, -0.25) is 19.2 Å². The smallest absolute Gasteiger partial charge is 0.305 e. The van der Waals surface area contributed by atoms with Crippen LogP contribution in [0.1, 0.15) is 36.0 Å². The summed E-state index contributed by atoms with van der Waals surface area (Å²) in [5.41, 5.74) is 1.43. The molecule has 176 valence electrons. The Labute approximate surface area is 195 Å². The molecule has 0 amide bonds. The Hall–Kier alpha value is -4.20. The van der Waals surface area contributed by atoms with Crippen LogP contribution in [-0.4, -0.2) is 35.9 Å². The molecule has 0 aliphatic heterocycles. The van der Waals surface area contributed by atoms with Gasteiger partial charge < -0.3 is 19.4 Å². The van der Waals surface area contributed by atoms with Crippen molar-refractivity contribution in [2.75, 3.05) is 14.2 Å². The minimum absolute atomic E-state index is 0.0325. The van der Waals surface area contributed by atoms with Gasteiger partial charge in [-0.25, -0.2) is 0 Å². The highest BCUT2D eigenvalue weighted by atomic mass is 16.5. The number of nitrogens with one attached hydrogen (secondary N) is 2. The third kappa shape index (κ3) is 6.90. The van der Waals surface area contributed by atoms with E-state index in [9.17, 15) is 19.2 Å². The second-order valence-electron chi connectivity index (χ2n) is 7.68. The number of benzene rings is 2. The zero-order valence-corrected chi connectivity index (χ0v) is 19.1. The Bertz CT molecular complexity index is 1380. The van der Waals surface area contributed by atoms with Crippen LogP contribution in [0, 0.1) is 0 Å². The predicted molar refractivity (Wildman–Crippen MR) is 128 cm³/mol. The van der Waals surface area contributed by atoms with Crippen LogP contribution in [0.2, 0.25) is 0 Å². The van der Waals surface area contributed by atoms with E-state index in [1.165, 1.54) is 7.11 Å². The fourth-order valence-corrected chi connectivity index (χ4v) is 3.31. The molecular formula is C26H26N2O6. The molecule has 3 rings (SSSR count). The van der Waals surface area contributed by atoms with Crippen molar-refractivity contribution in [2.24, 2.45) is 0 Å². The van der Waals surface area contributed by atoms with Crippen molar-refractivity contribution in [3.63, 3.8) is 0 Å². The summed E-state index contributed by atoms with van der Waals surface area (Å²) < 4.78 is 9.67. The van der Waals surface area contributed by atoms with Crippen LogP contribution in [0.15, 0.2) is 58.1 Å². The number of carbonyl (C=O) groups is 2. The molecule has 0 bridgehead atoms. The number of Topliss-reactive ketones (excluding diaryl/α,β-unsaturated/α-hetero) is 1. The lowest BCUT2D eigenvalue weighted by Gasteiger charge is -2.02. The van der Waals surface area contributed by atoms with Crippen LogP contribution in [0.4, 0.5) is 0 Å². The lowest BCUT2D eigenvalue weighted by molar-refractivity contribution is -0.140. The number of hydrogen-bond donors (Lipinski definition) is 2. The molecule has 0 spiro atoms. The van der Waals surface area contributed by atoms with Crippen LogP contribution in [-0.2, 0) is 20.7 Å². The van der Waals surface area contributed by atoms with E-state index in [0.29, 0.717) is 24.2 Å². The Kier molecular flexibility index (Phi) is 8.34.